The number of benzene rings is 3. The fourth-order valence-corrected chi connectivity index (χ4v) is 3.09. The smallest absolute Gasteiger partial charge is 0.266 e. The second-order valence-corrected chi connectivity index (χ2v) is 7.87. The number of halogens is 1. The van der Waals surface area contributed by atoms with Crippen molar-refractivity contribution >= 4 is 33.6 Å². The van der Waals surface area contributed by atoms with Crippen LogP contribution in [0.2, 0.25) is 0 Å². The SMILES string of the molecule is CCCOc1ccccc1/C=C(\C#N)C(=O)Nc1ccc(OCc2ccc(Br)cc2)cc1. The van der Waals surface area contributed by atoms with Crippen LogP contribution in [0.15, 0.2) is 82.8 Å². The Morgan fingerprint density at radius 1 is 1.03 bits per heavy atom. The number of rotatable bonds is 9. The topological polar surface area (TPSA) is 71.3 Å². The maximum absolute atomic E-state index is 12.6. The first-order valence-corrected chi connectivity index (χ1v) is 11.0. The van der Waals surface area contributed by atoms with Crippen LogP contribution >= 0.6 is 15.9 Å². The highest BCUT2D eigenvalue weighted by Gasteiger charge is 2.11. The molecule has 0 atom stereocenters. The molecule has 3 aromatic carbocycles. The van der Waals surface area contributed by atoms with Gasteiger partial charge in [0.25, 0.3) is 5.91 Å². The number of ether oxygens (including phenoxy) is 2. The Hall–Kier alpha value is -3.56. The molecule has 0 aromatic heterocycles. The second-order valence-electron chi connectivity index (χ2n) is 6.95. The highest BCUT2D eigenvalue weighted by molar-refractivity contribution is 9.10. The highest BCUT2D eigenvalue weighted by Crippen LogP contribution is 2.22. The summed E-state index contributed by atoms with van der Waals surface area (Å²) in [7, 11) is 0. The van der Waals surface area contributed by atoms with E-state index < -0.39 is 5.91 Å². The van der Waals surface area contributed by atoms with Crippen molar-refractivity contribution in [3.05, 3.63) is 94.0 Å². The molecule has 3 aromatic rings. The van der Waals surface area contributed by atoms with Crippen molar-refractivity contribution in [3.63, 3.8) is 0 Å². The van der Waals surface area contributed by atoms with Gasteiger partial charge in [-0.15, -0.1) is 0 Å². The summed E-state index contributed by atoms with van der Waals surface area (Å²) in [4.78, 5) is 12.6. The average molecular weight is 491 g/mol. The summed E-state index contributed by atoms with van der Waals surface area (Å²) in [5.74, 6) is 0.840. The molecule has 0 spiro atoms. The van der Waals surface area contributed by atoms with Crippen LogP contribution in [0.25, 0.3) is 6.08 Å². The number of carbonyl (C=O) groups is 1. The second kappa shape index (κ2) is 11.7. The fraction of sp³-hybridized carbons (Fsp3) is 0.154. The number of nitrogens with zero attached hydrogens (tertiary/aromatic N) is 1. The average Bonchev–Trinajstić information content (AvgIpc) is 2.82. The van der Waals surface area contributed by atoms with Gasteiger partial charge in [0.2, 0.25) is 0 Å². The normalized spacial score (nSPS) is 10.8. The molecule has 0 unspecified atom stereocenters. The van der Waals surface area contributed by atoms with Gasteiger partial charge in [-0.3, -0.25) is 4.79 Å². The molecule has 0 heterocycles. The predicted octanol–water partition coefficient (Wildman–Crippen LogP) is 6.36. The van der Waals surface area contributed by atoms with Crippen LogP contribution in [0.4, 0.5) is 5.69 Å². The quantitative estimate of drug-likeness (QED) is 0.279. The molecule has 0 aliphatic carbocycles. The molecule has 0 aliphatic rings. The predicted molar refractivity (Wildman–Crippen MR) is 129 cm³/mol. The van der Waals surface area contributed by atoms with Crippen molar-refractivity contribution in [2.45, 2.75) is 20.0 Å². The Kier molecular flexibility index (Phi) is 8.47. The van der Waals surface area contributed by atoms with Crippen molar-refractivity contribution in [3.8, 4) is 17.6 Å². The number of nitriles is 1. The van der Waals surface area contributed by atoms with E-state index in [1.165, 1.54) is 6.08 Å². The molecule has 162 valence electrons. The number of anilines is 1. The summed E-state index contributed by atoms with van der Waals surface area (Å²) >= 11 is 3.41. The third-order valence-corrected chi connectivity index (χ3v) is 5.01. The summed E-state index contributed by atoms with van der Waals surface area (Å²) in [5, 5.41) is 12.3. The molecule has 0 radical (unpaired) electrons. The van der Waals surface area contributed by atoms with Gasteiger partial charge in [0.05, 0.1) is 6.61 Å². The van der Waals surface area contributed by atoms with Crippen LogP contribution in [0, 0.1) is 11.3 Å². The summed E-state index contributed by atoms with van der Waals surface area (Å²) in [6.07, 6.45) is 2.41. The lowest BCUT2D eigenvalue weighted by molar-refractivity contribution is -0.112. The number of hydrogen-bond donors (Lipinski definition) is 1. The Balaban J connectivity index is 1.63. The fourth-order valence-electron chi connectivity index (χ4n) is 2.83. The minimum atomic E-state index is -0.485. The minimum Gasteiger partial charge on any atom is -0.493 e. The van der Waals surface area contributed by atoms with Gasteiger partial charge in [-0.25, -0.2) is 0 Å². The molecular weight excluding hydrogens is 468 g/mol. The third-order valence-electron chi connectivity index (χ3n) is 4.48. The van der Waals surface area contributed by atoms with E-state index in [2.05, 4.69) is 21.2 Å². The van der Waals surface area contributed by atoms with Gasteiger partial charge < -0.3 is 14.8 Å². The van der Waals surface area contributed by atoms with Crippen LogP contribution < -0.4 is 14.8 Å². The summed E-state index contributed by atoms with van der Waals surface area (Å²) in [5.41, 5.74) is 2.30. The molecule has 1 amide bonds. The standard InChI is InChI=1S/C26H23BrN2O3/c1-2-15-31-25-6-4-3-5-20(25)16-21(17-28)26(30)29-23-11-13-24(14-12-23)32-18-19-7-9-22(27)10-8-19/h3-14,16H,2,15,18H2,1H3,(H,29,30)/b21-16+. The first-order chi connectivity index (χ1) is 15.6. The zero-order chi connectivity index (χ0) is 22.8. The molecule has 0 saturated carbocycles. The van der Waals surface area contributed by atoms with Crippen molar-refractivity contribution in [1.29, 1.82) is 5.26 Å². The first kappa shape index (κ1) is 23.1. The van der Waals surface area contributed by atoms with Gasteiger partial charge >= 0.3 is 0 Å². The van der Waals surface area contributed by atoms with Crippen LogP contribution in [0.5, 0.6) is 11.5 Å². The summed E-state index contributed by atoms with van der Waals surface area (Å²) in [6, 6.07) is 24.2. The molecule has 1 N–H and O–H groups in total. The molecule has 0 aliphatic heterocycles. The van der Waals surface area contributed by atoms with Gasteiger partial charge in [0, 0.05) is 15.7 Å². The zero-order valence-corrected chi connectivity index (χ0v) is 19.3. The molecule has 6 heteroatoms. The first-order valence-electron chi connectivity index (χ1n) is 10.2. The molecule has 5 nitrogen and oxygen atoms in total. The van der Waals surface area contributed by atoms with Crippen LogP contribution in [0.1, 0.15) is 24.5 Å². The number of para-hydroxylation sites is 1. The van der Waals surface area contributed by atoms with Crippen molar-refractivity contribution in [2.75, 3.05) is 11.9 Å². The van der Waals surface area contributed by atoms with Crippen LogP contribution in [-0.2, 0) is 11.4 Å². The Morgan fingerprint density at radius 2 is 1.75 bits per heavy atom. The van der Waals surface area contributed by atoms with Crippen LogP contribution in [-0.4, -0.2) is 12.5 Å². The molecular formula is C26H23BrN2O3. The van der Waals surface area contributed by atoms with Crippen molar-refractivity contribution in [2.24, 2.45) is 0 Å². The number of amides is 1. The van der Waals surface area contributed by atoms with Crippen molar-refractivity contribution < 1.29 is 14.3 Å². The minimum absolute atomic E-state index is 0.00638. The van der Waals surface area contributed by atoms with Crippen molar-refractivity contribution in [1.82, 2.24) is 0 Å². The number of nitrogens with one attached hydrogen (secondary N) is 1. The molecule has 3 rings (SSSR count). The molecule has 0 saturated heterocycles. The van der Waals surface area contributed by atoms with E-state index in [1.54, 1.807) is 24.3 Å². The van der Waals surface area contributed by atoms with Gasteiger partial charge in [-0.2, -0.15) is 5.26 Å². The highest BCUT2D eigenvalue weighted by atomic mass is 79.9. The van der Waals surface area contributed by atoms with E-state index in [0.29, 0.717) is 36.0 Å². The lowest BCUT2D eigenvalue weighted by Gasteiger charge is -2.10. The van der Waals surface area contributed by atoms with Gasteiger partial charge in [-0.1, -0.05) is 53.2 Å². The lowest BCUT2D eigenvalue weighted by atomic mass is 10.1. The third kappa shape index (κ3) is 6.73. The molecule has 0 bridgehead atoms. The van der Waals surface area contributed by atoms with E-state index in [9.17, 15) is 10.1 Å². The largest absolute Gasteiger partial charge is 0.493 e. The van der Waals surface area contributed by atoms with E-state index >= 15 is 0 Å². The van der Waals surface area contributed by atoms with E-state index in [4.69, 9.17) is 9.47 Å². The Bertz CT molecular complexity index is 1120. The van der Waals surface area contributed by atoms with Gasteiger partial charge in [0.15, 0.2) is 0 Å². The van der Waals surface area contributed by atoms with Gasteiger partial charge in [0.1, 0.15) is 29.7 Å². The monoisotopic (exact) mass is 490 g/mol. The molecule has 0 fully saturated rings. The van der Waals surface area contributed by atoms with E-state index in [1.807, 2.05) is 61.5 Å². The van der Waals surface area contributed by atoms with Gasteiger partial charge in [-0.05, 0) is 60.5 Å². The number of hydrogen-bond acceptors (Lipinski definition) is 4. The van der Waals surface area contributed by atoms with E-state index in [0.717, 1.165) is 16.5 Å². The Morgan fingerprint density at radius 3 is 2.44 bits per heavy atom. The number of carbonyl (C=O) groups excluding carboxylic acids is 1. The Labute approximate surface area is 196 Å². The lowest BCUT2D eigenvalue weighted by Crippen LogP contribution is -2.13. The van der Waals surface area contributed by atoms with Crippen LogP contribution in [0.3, 0.4) is 0 Å². The van der Waals surface area contributed by atoms with E-state index in [-0.39, 0.29) is 5.57 Å². The maximum Gasteiger partial charge on any atom is 0.266 e. The zero-order valence-electron chi connectivity index (χ0n) is 17.7. The summed E-state index contributed by atoms with van der Waals surface area (Å²) in [6.45, 7) is 3.03. The molecule has 32 heavy (non-hydrogen) atoms. The maximum atomic E-state index is 12.6. The summed E-state index contributed by atoms with van der Waals surface area (Å²) < 4.78 is 12.5.